The third kappa shape index (κ3) is 4.55. The lowest BCUT2D eigenvalue weighted by Crippen LogP contribution is -3.08. The number of carbonyl (C=O) groups is 1. The van der Waals surface area contributed by atoms with E-state index in [1.807, 2.05) is 6.92 Å². The van der Waals surface area contributed by atoms with E-state index in [1.54, 1.807) is 25.2 Å². The summed E-state index contributed by atoms with van der Waals surface area (Å²) in [5.41, 5.74) is 5.20. The smallest absolute Gasteiger partial charge is 0.329 e. The molecule has 0 saturated carbocycles. The van der Waals surface area contributed by atoms with Gasteiger partial charge in [0.15, 0.2) is 0 Å². The summed E-state index contributed by atoms with van der Waals surface area (Å²) < 4.78 is 1.21. The highest BCUT2D eigenvalue weighted by Gasteiger charge is 2.22. The Bertz CT molecular complexity index is 937. The first-order chi connectivity index (χ1) is 12.2. The number of nitrogens with zero attached hydrogens (tertiary/aromatic N) is 1. The third-order valence-electron chi connectivity index (χ3n) is 3.94. The summed E-state index contributed by atoms with van der Waals surface area (Å²) in [7, 11) is 1.80. The van der Waals surface area contributed by atoms with Crippen molar-refractivity contribution in [2.45, 2.75) is 26.4 Å². The predicted octanol–water partition coefficient (Wildman–Crippen LogP) is 0.733. The lowest BCUT2D eigenvalue weighted by Gasteiger charge is -2.16. The molecule has 7 nitrogen and oxygen atoms in total. The van der Waals surface area contributed by atoms with Crippen molar-refractivity contribution in [2.75, 3.05) is 19.3 Å². The van der Waals surface area contributed by atoms with Crippen LogP contribution in [0.3, 0.4) is 0 Å². The number of hydrogen-bond acceptors (Lipinski definition) is 4. The fourth-order valence-corrected chi connectivity index (χ4v) is 3.19. The molecule has 1 unspecified atom stereocenters. The largest absolute Gasteiger partial charge is 0.384 e. The zero-order valence-electron chi connectivity index (χ0n) is 14.6. The van der Waals surface area contributed by atoms with E-state index in [4.69, 9.17) is 28.9 Å². The Kier molecular flexibility index (Phi) is 6.63. The van der Waals surface area contributed by atoms with Gasteiger partial charge in [-0.3, -0.25) is 19.1 Å². The molecule has 0 fully saturated rings. The minimum absolute atomic E-state index is 0.0244. The van der Waals surface area contributed by atoms with Gasteiger partial charge in [0.05, 0.1) is 12.1 Å². The minimum Gasteiger partial charge on any atom is -0.384 e. The van der Waals surface area contributed by atoms with E-state index in [9.17, 15) is 14.4 Å². The van der Waals surface area contributed by atoms with Crippen LogP contribution in [0.15, 0.2) is 27.8 Å². The fourth-order valence-electron chi connectivity index (χ4n) is 2.72. The maximum absolute atomic E-state index is 12.6. The number of anilines is 1. The molecule has 0 aliphatic rings. The molecule has 0 saturated heterocycles. The zero-order valence-corrected chi connectivity index (χ0v) is 16.1. The standard InChI is InChI=1S/C17H20Cl2N4O3/c1-3-6-23-15(20)14(16(25)21-17(23)26)13(24)9-22(2)8-10-4-5-11(18)7-12(10)19/h4-5,7H,3,6,8-9,20H2,1-2H3,(H,21,25,26)/p+1. The third-order valence-corrected chi connectivity index (χ3v) is 4.52. The number of Topliss-reactive ketones (excluding diaryl/α,β-unsaturated/α-hetero) is 1. The molecule has 140 valence electrons. The summed E-state index contributed by atoms with van der Waals surface area (Å²) in [6.45, 7) is 2.68. The Hall–Kier alpha value is -2.09. The number of benzene rings is 1. The van der Waals surface area contributed by atoms with Crippen molar-refractivity contribution < 1.29 is 9.69 Å². The van der Waals surface area contributed by atoms with Gasteiger partial charge in [-0.25, -0.2) is 4.79 Å². The van der Waals surface area contributed by atoms with Crippen molar-refractivity contribution in [3.63, 3.8) is 0 Å². The number of H-pyrrole nitrogens is 1. The second-order valence-electron chi connectivity index (χ2n) is 6.14. The van der Waals surface area contributed by atoms with E-state index < -0.39 is 17.0 Å². The predicted molar refractivity (Wildman–Crippen MR) is 102 cm³/mol. The highest BCUT2D eigenvalue weighted by molar-refractivity contribution is 6.35. The van der Waals surface area contributed by atoms with Crippen LogP contribution in [0.4, 0.5) is 5.82 Å². The van der Waals surface area contributed by atoms with Crippen molar-refractivity contribution in [1.82, 2.24) is 9.55 Å². The molecule has 2 rings (SSSR count). The number of hydrogen-bond donors (Lipinski definition) is 3. The van der Waals surface area contributed by atoms with E-state index in [-0.39, 0.29) is 17.9 Å². The number of quaternary nitrogens is 1. The second kappa shape index (κ2) is 8.53. The van der Waals surface area contributed by atoms with E-state index in [2.05, 4.69) is 4.98 Å². The molecule has 26 heavy (non-hydrogen) atoms. The van der Waals surface area contributed by atoms with Gasteiger partial charge < -0.3 is 10.6 Å². The highest BCUT2D eigenvalue weighted by atomic mass is 35.5. The summed E-state index contributed by atoms with van der Waals surface area (Å²) in [4.78, 5) is 39.5. The fraction of sp³-hybridized carbons (Fsp3) is 0.353. The number of nitrogens with one attached hydrogen (secondary N) is 2. The van der Waals surface area contributed by atoms with Crippen molar-refractivity contribution in [1.29, 1.82) is 0 Å². The molecule has 0 amide bonds. The Morgan fingerprint density at radius 1 is 1.31 bits per heavy atom. The molecule has 0 aliphatic carbocycles. The first kappa shape index (κ1) is 20.2. The Morgan fingerprint density at radius 3 is 2.62 bits per heavy atom. The average molecular weight is 400 g/mol. The number of halogens is 2. The minimum atomic E-state index is -0.762. The highest BCUT2D eigenvalue weighted by Crippen LogP contribution is 2.20. The number of carbonyl (C=O) groups excluding carboxylic acids is 1. The molecular weight excluding hydrogens is 379 g/mol. The zero-order chi connectivity index (χ0) is 19.4. The number of nitrogen functional groups attached to an aromatic ring is 1. The summed E-state index contributed by atoms with van der Waals surface area (Å²) in [6, 6.07) is 5.15. The Labute approximate surface area is 160 Å². The van der Waals surface area contributed by atoms with Crippen LogP contribution in [0, 0.1) is 0 Å². The van der Waals surface area contributed by atoms with E-state index in [0.29, 0.717) is 29.6 Å². The van der Waals surface area contributed by atoms with Crippen LogP contribution >= 0.6 is 23.2 Å². The molecular formula is C17H21Cl2N4O3+. The van der Waals surface area contributed by atoms with Crippen LogP contribution in [0.2, 0.25) is 10.0 Å². The van der Waals surface area contributed by atoms with Gasteiger partial charge in [-0.15, -0.1) is 0 Å². The summed E-state index contributed by atoms with van der Waals surface area (Å²) in [5.74, 6) is -0.529. The molecule has 0 bridgehead atoms. The van der Waals surface area contributed by atoms with Crippen LogP contribution in [0.1, 0.15) is 29.3 Å². The van der Waals surface area contributed by atoms with E-state index in [0.717, 1.165) is 10.5 Å². The van der Waals surface area contributed by atoms with Crippen LogP contribution in [-0.2, 0) is 13.1 Å². The first-order valence-corrected chi connectivity index (χ1v) is 8.91. The van der Waals surface area contributed by atoms with Gasteiger partial charge in [-0.2, -0.15) is 0 Å². The van der Waals surface area contributed by atoms with Crippen molar-refractivity contribution in [2.24, 2.45) is 0 Å². The van der Waals surface area contributed by atoms with Gasteiger partial charge in [-0.05, 0) is 18.6 Å². The van der Waals surface area contributed by atoms with Crippen molar-refractivity contribution >= 4 is 34.8 Å². The van der Waals surface area contributed by atoms with Gasteiger partial charge in [-0.1, -0.05) is 36.2 Å². The Morgan fingerprint density at radius 2 is 2.00 bits per heavy atom. The number of likely N-dealkylation sites (N-methyl/N-ethyl adjacent to an activating group) is 1. The summed E-state index contributed by atoms with van der Waals surface area (Å²) in [6.07, 6.45) is 0.643. The van der Waals surface area contributed by atoms with Gasteiger partial charge >= 0.3 is 5.69 Å². The monoisotopic (exact) mass is 399 g/mol. The van der Waals surface area contributed by atoms with Crippen LogP contribution in [0.5, 0.6) is 0 Å². The summed E-state index contributed by atoms with van der Waals surface area (Å²) >= 11 is 12.0. The van der Waals surface area contributed by atoms with Gasteiger partial charge in [0.2, 0.25) is 5.78 Å². The lowest BCUT2D eigenvalue weighted by atomic mass is 10.1. The number of ketones is 1. The maximum atomic E-state index is 12.6. The molecule has 0 aliphatic heterocycles. The molecule has 1 atom stereocenters. The number of nitrogens with two attached hydrogens (primary N) is 1. The first-order valence-electron chi connectivity index (χ1n) is 8.15. The van der Waals surface area contributed by atoms with Crippen molar-refractivity contribution in [3.05, 3.63) is 60.2 Å². The molecule has 0 spiro atoms. The quantitative estimate of drug-likeness (QED) is 0.597. The van der Waals surface area contributed by atoms with Crippen LogP contribution < -0.4 is 21.9 Å². The van der Waals surface area contributed by atoms with Crippen molar-refractivity contribution in [3.8, 4) is 0 Å². The van der Waals surface area contributed by atoms with E-state index in [1.165, 1.54) is 4.57 Å². The molecule has 1 aromatic heterocycles. The van der Waals surface area contributed by atoms with Crippen LogP contribution in [0.25, 0.3) is 0 Å². The average Bonchev–Trinajstić information content (AvgIpc) is 2.53. The van der Waals surface area contributed by atoms with Crippen LogP contribution in [-0.4, -0.2) is 28.9 Å². The number of aromatic nitrogens is 2. The maximum Gasteiger partial charge on any atom is 0.329 e. The van der Waals surface area contributed by atoms with Gasteiger partial charge in [0, 0.05) is 17.1 Å². The van der Waals surface area contributed by atoms with Gasteiger partial charge in [0.1, 0.15) is 24.5 Å². The number of aromatic amines is 1. The second-order valence-corrected chi connectivity index (χ2v) is 6.98. The molecule has 2 aromatic rings. The SMILES string of the molecule is CCCn1c(N)c(C(=O)C[NH+](C)Cc2ccc(Cl)cc2Cl)c(=O)[nH]c1=O. The Balaban J connectivity index is 2.23. The molecule has 4 N–H and O–H groups in total. The molecule has 1 aromatic carbocycles. The van der Waals surface area contributed by atoms with E-state index >= 15 is 0 Å². The molecule has 1 heterocycles. The molecule has 0 radical (unpaired) electrons. The topological polar surface area (TPSA) is 102 Å². The van der Waals surface area contributed by atoms with Gasteiger partial charge in [0.25, 0.3) is 5.56 Å². The normalized spacial score (nSPS) is 12.2. The lowest BCUT2D eigenvalue weighted by molar-refractivity contribution is -0.884. The summed E-state index contributed by atoms with van der Waals surface area (Å²) in [5, 5.41) is 1.04. The number of rotatable bonds is 7. The molecule has 9 heteroatoms.